The summed E-state index contributed by atoms with van der Waals surface area (Å²) in [4.78, 5) is 16.0. The number of hydrogen-bond donors (Lipinski definition) is 2. The highest BCUT2D eigenvalue weighted by atomic mass is 32.1. The van der Waals surface area contributed by atoms with Crippen molar-refractivity contribution in [1.29, 1.82) is 0 Å². The molecular formula is C26H30N4O4S. The Hall–Kier alpha value is -2.56. The Labute approximate surface area is 207 Å². The Morgan fingerprint density at radius 1 is 1.23 bits per heavy atom. The van der Waals surface area contributed by atoms with Crippen LogP contribution in [0.15, 0.2) is 29.8 Å². The molecule has 0 amide bonds. The summed E-state index contributed by atoms with van der Waals surface area (Å²) < 4.78 is 18.6. The average molecular weight is 495 g/mol. The van der Waals surface area contributed by atoms with Gasteiger partial charge in [-0.25, -0.2) is 9.97 Å². The van der Waals surface area contributed by atoms with Gasteiger partial charge in [-0.1, -0.05) is 0 Å². The summed E-state index contributed by atoms with van der Waals surface area (Å²) in [6, 6.07) is 6.22. The van der Waals surface area contributed by atoms with Gasteiger partial charge in [0.25, 0.3) is 0 Å². The molecule has 0 spiro atoms. The number of aliphatic hydroxyl groups is 1. The number of rotatable bonds is 5. The molecule has 35 heavy (non-hydrogen) atoms. The number of nitrogens with zero attached hydrogens (tertiary/aromatic N) is 3. The van der Waals surface area contributed by atoms with E-state index in [4.69, 9.17) is 24.2 Å². The Morgan fingerprint density at radius 3 is 2.86 bits per heavy atom. The molecule has 2 N–H and O–H groups in total. The van der Waals surface area contributed by atoms with Gasteiger partial charge in [-0.2, -0.15) is 0 Å². The molecule has 1 aromatic carbocycles. The van der Waals surface area contributed by atoms with Crippen LogP contribution in [0.4, 0.5) is 5.82 Å². The zero-order chi connectivity index (χ0) is 24.0. The lowest BCUT2D eigenvalue weighted by molar-refractivity contribution is -0.0937. The molecule has 0 radical (unpaired) electrons. The van der Waals surface area contributed by atoms with Gasteiger partial charge in [-0.05, 0) is 36.1 Å². The molecule has 4 aromatic rings. The van der Waals surface area contributed by atoms with Crippen LogP contribution in [0.3, 0.4) is 0 Å². The van der Waals surface area contributed by atoms with E-state index in [1.54, 1.807) is 18.4 Å². The standard InChI is InChI=1S/C26H30N4O4S/c1-16-14-34-10-7-30(16)25-23-22(20(15-35-23)26(32-2)4-8-33-9-5-26)28-24(29-25)19-11-17(13-31)12-21-18(19)3-6-27-21/h3,6,11-12,15-16,27,31H,4-5,7-10,13-14H2,1-2H3/t16-/m1/s1. The van der Waals surface area contributed by atoms with E-state index in [-0.39, 0.29) is 12.6 Å². The van der Waals surface area contributed by atoms with Crippen molar-refractivity contribution in [2.24, 2.45) is 0 Å². The minimum Gasteiger partial charge on any atom is -0.392 e. The molecule has 0 bridgehead atoms. The van der Waals surface area contributed by atoms with Crippen molar-refractivity contribution in [2.45, 2.75) is 38.0 Å². The third kappa shape index (κ3) is 3.82. The Balaban J connectivity index is 1.62. The number of aliphatic hydroxyl groups excluding tert-OH is 1. The van der Waals surface area contributed by atoms with E-state index in [1.807, 2.05) is 24.4 Å². The number of fused-ring (bicyclic) bond motifs is 2. The maximum Gasteiger partial charge on any atom is 0.162 e. The zero-order valence-electron chi connectivity index (χ0n) is 20.0. The molecule has 2 aliphatic rings. The second-order valence-corrected chi connectivity index (χ2v) is 10.2. The van der Waals surface area contributed by atoms with Crippen molar-refractivity contribution in [3.8, 4) is 11.4 Å². The number of H-pyrrole nitrogens is 1. The first-order valence-electron chi connectivity index (χ1n) is 12.1. The molecular weight excluding hydrogens is 464 g/mol. The summed E-state index contributed by atoms with van der Waals surface area (Å²) >= 11 is 1.69. The molecule has 0 unspecified atom stereocenters. The average Bonchev–Trinajstić information content (AvgIpc) is 3.56. The lowest BCUT2D eigenvalue weighted by Gasteiger charge is -2.36. The number of hydrogen-bond acceptors (Lipinski definition) is 8. The van der Waals surface area contributed by atoms with Crippen molar-refractivity contribution in [2.75, 3.05) is 45.0 Å². The molecule has 6 rings (SSSR count). The Bertz CT molecular complexity index is 1360. The monoisotopic (exact) mass is 494 g/mol. The number of anilines is 1. The van der Waals surface area contributed by atoms with E-state index >= 15 is 0 Å². The third-order valence-corrected chi connectivity index (χ3v) is 8.34. The van der Waals surface area contributed by atoms with E-state index in [2.05, 4.69) is 22.2 Å². The molecule has 9 heteroatoms. The van der Waals surface area contributed by atoms with E-state index in [1.165, 1.54) is 0 Å². The normalized spacial score (nSPS) is 20.7. The second-order valence-electron chi connectivity index (χ2n) is 9.37. The van der Waals surface area contributed by atoms with Gasteiger partial charge in [-0.3, -0.25) is 0 Å². The molecule has 2 aliphatic heterocycles. The van der Waals surface area contributed by atoms with Gasteiger partial charge < -0.3 is 29.2 Å². The van der Waals surface area contributed by atoms with Gasteiger partial charge in [0, 0.05) is 67.9 Å². The van der Waals surface area contributed by atoms with Crippen LogP contribution < -0.4 is 4.90 Å². The molecule has 2 saturated heterocycles. The second kappa shape index (κ2) is 9.15. The van der Waals surface area contributed by atoms with Crippen molar-refractivity contribution < 1.29 is 19.3 Å². The fraction of sp³-hybridized carbons (Fsp3) is 0.462. The quantitative estimate of drug-likeness (QED) is 0.429. The molecule has 184 valence electrons. The lowest BCUT2D eigenvalue weighted by Crippen LogP contribution is -2.44. The van der Waals surface area contributed by atoms with Crippen LogP contribution in [0.25, 0.3) is 32.5 Å². The topological polar surface area (TPSA) is 92.7 Å². The van der Waals surface area contributed by atoms with Gasteiger partial charge in [0.2, 0.25) is 0 Å². The summed E-state index contributed by atoms with van der Waals surface area (Å²) in [6.45, 7) is 5.57. The maximum absolute atomic E-state index is 9.91. The number of benzene rings is 1. The Morgan fingerprint density at radius 2 is 2.09 bits per heavy atom. The number of nitrogens with one attached hydrogen (secondary N) is 1. The summed E-state index contributed by atoms with van der Waals surface area (Å²) in [5, 5.41) is 13.1. The summed E-state index contributed by atoms with van der Waals surface area (Å²) in [7, 11) is 1.79. The van der Waals surface area contributed by atoms with Gasteiger partial charge in [0.1, 0.15) is 5.60 Å². The van der Waals surface area contributed by atoms with Crippen molar-refractivity contribution >= 4 is 38.3 Å². The molecule has 0 aliphatic carbocycles. The smallest absolute Gasteiger partial charge is 0.162 e. The first-order chi connectivity index (χ1) is 17.1. The Kier molecular flexibility index (Phi) is 5.98. The minimum atomic E-state index is -0.424. The molecule has 3 aromatic heterocycles. The molecule has 5 heterocycles. The lowest BCUT2D eigenvalue weighted by atomic mass is 9.87. The summed E-state index contributed by atoms with van der Waals surface area (Å²) in [6.07, 6.45) is 3.50. The van der Waals surface area contributed by atoms with Gasteiger partial charge in [0.15, 0.2) is 11.6 Å². The minimum absolute atomic E-state index is 0.0476. The van der Waals surface area contributed by atoms with Crippen LogP contribution in [0, 0.1) is 0 Å². The van der Waals surface area contributed by atoms with Crippen LogP contribution in [0.2, 0.25) is 0 Å². The van der Waals surface area contributed by atoms with Crippen LogP contribution in [0.5, 0.6) is 0 Å². The van der Waals surface area contributed by atoms with Gasteiger partial charge in [0.05, 0.1) is 36.1 Å². The summed E-state index contributed by atoms with van der Waals surface area (Å²) in [5.41, 5.74) is 4.32. The van der Waals surface area contributed by atoms with Gasteiger partial charge >= 0.3 is 0 Å². The van der Waals surface area contributed by atoms with E-state index < -0.39 is 5.60 Å². The van der Waals surface area contributed by atoms with Crippen molar-refractivity contribution in [3.63, 3.8) is 0 Å². The van der Waals surface area contributed by atoms with Crippen LogP contribution in [-0.4, -0.2) is 66.2 Å². The van der Waals surface area contributed by atoms with Crippen LogP contribution in [-0.2, 0) is 26.4 Å². The first kappa shape index (κ1) is 22.9. The van der Waals surface area contributed by atoms with Crippen LogP contribution in [0.1, 0.15) is 30.9 Å². The van der Waals surface area contributed by atoms with Crippen molar-refractivity contribution in [3.05, 3.63) is 40.9 Å². The van der Waals surface area contributed by atoms with Gasteiger partial charge in [-0.15, -0.1) is 11.3 Å². The fourth-order valence-electron chi connectivity index (χ4n) is 5.37. The number of aromatic nitrogens is 3. The molecule has 0 saturated carbocycles. The molecule has 8 nitrogen and oxygen atoms in total. The zero-order valence-corrected chi connectivity index (χ0v) is 20.9. The van der Waals surface area contributed by atoms with Crippen molar-refractivity contribution in [1.82, 2.24) is 15.0 Å². The third-order valence-electron chi connectivity index (χ3n) is 7.37. The number of thiophene rings is 1. The van der Waals surface area contributed by atoms with Crippen LogP contribution >= 0.6 is 11.3 Å². The fourth-order valence-corrected chi connectivity index (χ4v) is 6.47. The first-order valence-corrected chi connectivity index (χ1v) is 13.0. The molecule has 1 atom stereocenters. The summed E-state index contributed by atoms with van der Waals surface area (Å²) in [5.74, 6) is 1.59. The number of aromatic amines is 1. The maximum atomic E-state index is 9.91. The highest BCUT2D eigenvalue weighted by Gasteiger charge is 2.38. The SMILES string of the molecule is COC1(c2csc3c(N4CCOC[C@H]4C)nc(-c4cc(CO)cc5[nH]ccc45)nc23)CCOCC1. The van der Waals surface area contributed by atoms with E-state index in [0.717, 1.165) is 63.0 Å². The predicted molar refractivity (Wildman–Crippen MR) is 137 cm³/mol. The molecule has 2 fully saturated rings. The highest BCUT2D eigenvalue weighted by molar-refractivity contribution is 7.18. The van der Waals surface area contributed by atoms with E-state index in [9.17, 15) is 5.11 Å². The predicted octanol–water partition coefficient (Wildman–Crippen LogP) is 4.21. The largest absolute Gasteiger partial charge is 0.392 e. The van der Waals surface area contributed by atoms with E-state index in [0.29, 0.717) is 32.3 Å². The number of ether oxygens (including phenoxy) is 3. The number of methoxy groups -OCH3 is 1. The number of morpholine rings is 1. The highest BCUT2D eigenvalue weighted by Crippen LogP contribution is 2.44.